The summed E-state index contributed by atoms with van der Waals surface area (Å²) >= 11 is 1.62. The minimum Gasteiger partial charge on any atom is -0.497 e. The fourth-order valence-corrected chi connectivity index (χ4v) is 4.36. The van der Waals surface area contributed by atoms with E-state index in [1.54, 1.807) is 30.6 Å². The summed E-state index contributed by atoms with van der Waals surface area (Å²) in [5, 5.41) is 5.02. The Morgan fingerprint density at radius 1 is 1.20 bits per heavy atom. The Labute approximate surface area is 149 Å². The first kappa shape index (κ1) is 15.8. The highest BCUT2D eigenvalue weighted by molar-refractivity contribution is 7.11. The molecule has 1 amide bonds. The summed E-state index contributed by atoms with van der Waals surface area (Å²) in [6.07, 6.45) is 0.406. The number of thiophene rings is 1. The molecule has 0 spiro atoms. The van der Waals surface area contributed by atoms with Crippen LogP contribution in [-0.4, -0.2) is 13.0 Å². The number of hydrogen-bond acceptors (Lipinski definition) is 3. The zero-order chi connectivity index (χ0) is 17.4. The molecule has 2 heterocycles. The van der Waals surface area contributed by atoms with Crippen molar-refractivity contribution in [1.82, 2.24) is 0 Å². The van der Waals surface area contributed by atoms with Gasteiger partial charge in [-0.15, -0.1) is 11.3 Å². The number of methoxy groups -OCH3 is 1. The molecule has 0 saturated carbocycles. The highest BCUT2D eigenvalue weighted by Gasteiger charge is 2.30. The standard InChI is InChI=1S/C20H16FNO2S/c1-24-15-4-2-3-13(9-15)16-10-18(23)22-19-17(11-25-20(16)19)12-5-7-14(21)8-6-12/h2-9,11,16H,10H2,1H3,(H,22,23)/t16-/m1/s1. The van der Waals surface area contributed by atoms with E-state index in [1.165, 1.54) is 12.1 Å². The topological polar surface area (TPSA) is 38.3 Å². The van der Waals surface area contributed by atoms with Crippen LogP contribution in [0.1, 0.15) is 22.8 Å². The fraction of sp³-hybridized carbons (Fsp3) is 0.150. The van der Waals surface area contributed by atoms with E-state index in [9.17, 15) is 9.18 Å². The maximum absolute atomic E-state index is 13.2. The van der Waals surface area contributed by atoms with Crippen molar-refractivity contribution < 1.29 is 13.9 Å². The van der Waals surface area contributed by atoms with E-state index in [1.807, 2.05) is 29.6 Å². The molecule has 4 rings (SSSR count). The molecule has 0 unspecified atom stereocenters. The molecular weight excluding hydrogens is 337 g/mol. The van der Waals surface area contributed by atoms with Crippen LogP contribution in [0.5, 0.6) is 5.75 Å². The average Bonchev–Trinajstić information content (AvgIpc) is 3.05. The number of benzene rings is 2. The lowest BCUT2D eigenvalue weighted by molar-refractivity contribution is -0.116. The summed E-state index contributed by atoms with van der Waals surface area (Å²) in [6, 6.07) is 14.2. The van der Waals surface area contributed by atoms with E-state index in [0.29, 0.717) is 6.42 Å². The molecule has 1 atom stereocenters. The molecular formula is C20H16FNO2S. The van der Waals surface area contributed by atoms with E-state index in [2.05, 4.69) is 5.32 Å². The lowest BCUT2D eigenvalue weighted by atomic mass is 9.89. The lowest BCUT2D eigenvalue weighted by Gasteiger charge is -2.24. The van der Waals surface area contributed by atoms with Gasteiger partial charge in [-0.2, -0.15) is 0 Å². The first-order chi connectivity index (χ1) is 12.2. The van der Waals surface area contributed by atoms with E-state index < -0.39 is 0 Å². The van der Waals surface area contributed by atoms with Gasteiger partial charge in [-0.05, 0) is 35.4 Å². The van der Waals surface area contributed by atoms with Crippen LogP contribution in [0.15, 0.2) is 53.9 Å². The van der Waals surface area contributed by atoms with Crippen molar-refractivity contribution in [3.8, 4) is 16.9 Å². The molecule has 3 aromatic rings. The van der Waals surface area contributed by atoms with Gasteiger partial charge < -0.3 is 10.1 Å². The monoisotopic (exact) mass is 353 g/mol. The maximum atomic E-state index is 13.2. The van der Waals surface area contributed by atoms with Gasteiger partial charge >= 0.3 is 0 Å². The number of anilines is 1. The van der Waals surface area contributed by atoms with Gasteiger partial charge in [0.1, 0.15) is 11.6 Å². The molecule has 0 bridgehead atoms. The van der Waals surface area contributed by atoms with Crippen molar-refractivity contribution in [1.29, 1.82) is 0 Å². The van der Waals surface area contributed by atoms with Gasteiger partial charge in [0.15, 0.2) is 0 Å². The van der Waals surface area contributed by atoms with Crippen LogP contribution in [-0.2, 0) is 4.79 Å². The van der Waals surface area contributed by atoms with Crippen molar-refractivity contribution in [3.63, 3.8) is 0 Å². The average molecular weight is 353 g/mol. The Balaban J connectivity index is 1.79. The molecule has 0 saturated heterocycles. The largest absolute Gasteiger partial charge is 0.497 e. The van der Waals surface area contributed by atoms with Crippen molar-refractivity contribution >= 4 is 22.9 Å². The molecule has 1 aliphatic heterocycles. The van der Waals surface area contributed by atoms with E-state index in [-0.39, 0.29) is 17.6 Å². The number of amides is 1. The Morgan fingerprint density at radius 2 is 2.00 bits per heavy atom. The predicted molar refractivity (Wildman–Crippen MR) is 97.8 cm³/mol. The highest BCUT2D eigenvalue weighted by Crippen LogP contribution is 2.46. The fourth-order valence-electron chi connectivity index (χ4n) is 3.20. The zero-order valence-electron chi connectivity index (χ0n) is 13.6. The molecule has 0 fully saturated rings. The van der Waals surface area contributed by atoms with E-state index in [4.69, 9.17) is 4.74 Å². The summed E-state index contributed by atoms with van der Waals surface area (Å²) in [7, 11) is 1.63. The first-order valence-corrected chi connectivity index (χ1v) is 8.85. The third-order valence-corrected chi connectivity index (χ3v) is 5.54. The number of halogens is 1. The van der Waals surface area contributed by atoms with Crippen LogP contribution in [0, 0.1) is 5.82 Å². The Hall–Kier alpha value is -2.66. The van der Waals surface area contributed by atoms with Crippen molar-refractivity contribution in [3.05, 3.63) is 70.2 Å². The van der Waals surface area contributed by atoms with Crippen molar-refractivity contribution in [2.24, 2.45) is 0 Å². The van der Waals surface area contributed by atoms with Gasteiger partial charge in [0, 0.05) is 28.2 Å². The second kappa shape index (κ2) is 6.33. The molecule has 25 heavy (non-hydrogen) atoms. The number of nitrogens with one attached hydrogen (secondary N) is 1. The van der Waals surface area contributed by atoms with Gasteiger partial charge in [-0.1, -0.05) is 24.3 Å². The third-order valence-electron chi connectivity index (χ3n) is 4.44. The van der Waals surface area contributed by atoms with E-state index in [0.717, 1.165) is 33.0 Å². The van der Waals surface area contributed by atoms with Crippen molar-refractivity contribution in [2.45, 2.75) is 12.3 Å². The number of fused-ring (bicyclic) bond motifs is 1. The Kier molecular flexibility index (Phi) is 4.01. The predicted octanol–water partition coefficient (Wildman–Crippen LogP) is 5.04. The first-order valence-electron chi connectivity index (χ1n) is 7.97. The van der Waals surface area contributed by atoms with Gasteiger partial charge in [0.2, 0.25) is 5.91 Å². The maximum Gasteiger partial charge on any atom is 0.225 e. The lowest BCUT2D eigenvalue weighted by Crippen LogP contribution is -2.22. The second-order valence-corrected chi connectivity index (χ2v) is 6.89. The smallest absolute Gasteiger partial charge is 0.225 e. The molecule has 0 radical (unpaired) electrons. The summed E-state index contributed by atoms with van der Waals surface area (Å²) < 4.78 is 18.5. The molecule has 0 aliphatic carbocycles. The molecule has 126 valence electrons. The van der Waals surface area contributed by atoms with Crippen LogP contribution in [0.2, 0.25) is 0 Å². The zero-order valence-corrected chi connectivity index (χ0v) is 14.4. The Bertz CT molecular complexity index is 933. The molecule has 5 heteroatoms. The SMILES string of the molecule is COc1cccc([C@H]2CC(=O)Nc3c(-c4ccc(F)cc4)csc32)c1. The van der Waals surface area contributed by atoms with Gasteiger partial charge in [0.25, 0.3) is 0 Å². The van der Waals surface area contributed by atoms with Crippen LogP contribution in [0.25, 0.3) is 11.1 Å². The van der Waals surface area contributed by atoms with Gasteiger partial charge in [0.05, 0.1) is 12.8 Å². The summed E-state index contributed by atoms with van der Waals surface area (Å²) in [5.74, 6) is 0.492. The normalized spacial score (nSPS) is 16.2. The Morgan fingerprint density at radius 3 is 2.76 bits per heavy atom. The number of ether oxygens (including phenoxy) is 1. The minimum atomic E-state index is -0.272. The quantitative estimate of drug-likeness (QED) is 0.717. The number of carbonyl (C=O) groups is 1. The van der Waals surface area contributed by atoms with Crippen molar-refractivity contribution in [2.75, 3.05) is 12.4 Å². The second-order valence-electron chi connectivity index (χ2n) is 5.98. The molecule has 1 N–H and O–H groups in total. The number of rotatable bonds is 3. The molecule has 2 aromatic carbocycles. The molecule has 1 aromatic heterocycles. The van der Waals surface area contributed by atoms with Crippen LogP contribution >= 0.6 is 11.3 Å². The summed E-state index contributed by atoms with van der Waals surface area (Å²) in [6.45, 7) is 0. The van der Waals surface area contributed by atoms with Gasteiger partial charge in [-0.3, -0.25) is 4.79 Å². The number of carbonyl (C=O) groups excluding carboxylic acids is 1. The van der Waals surface area contributed by atoms with E-state index >= 15 is 0 Å². The van der Waals surface area contributed by atoms with Crippen LogP contribution in [0.4, 0.5) is 10.1 Å². The van der Waals surface area contributed by atoms with Crippen LogP contribution < -0.4 is 10.1 Å². The highest BCUT2D eigenvalue weighted by atomic mass is 32.1. The van der Waals surface area contributed by atoms with Gasteiger partial charge in [-0.25, -0.2) is 4.39 Å². The number of hydrogen-bond donors (Lipinski definition) is 1. The van der Waals surface area contributed by atoms with Crippen LogP contribution in [0.3, 0.4) is 0 Å². The molecule has 3 nitrogen and oxygen atoms in total. The summed E-state index contributed by atoms with van der Waals surface area (Å²) in [5.41, 5.74) is 3.72. The third kappa shape index (κ3) is 2.91. The summed E-state index contributed by atoms with van der Waals surface area (Å²) in [4.78, 5) is 13.4. The molecule has 1 aliphatic rings. The minimum absolute atomic E-state index is 0.00181.